The fourth-order valence-electron chi connectivity index (χ4n) is 3.12. The number of nitrogens with zero attached hydrogens (tertiary/aromatic N) is 1. The number of anilines is 1. The van der Waals surface area contributed by atoms with E-state index in [2.05, 4.69) is 28.9 Å². The number of nitrogens with one attached hydrogen (secondary N) is 2. The second-order valence-electron chi connectivity index (χ2n) is 6.17. The minimum Gasteiger partial charge on any atom is -0.384 e. The monoisotopic (exact) mass is 309 g/mol. The minimum absolute atomic E-state index is 0.0300. The molecule has 0 spiro atoms. The van der Waals surface area contributed by atoms with Gasteiger partial charge in [0.1, 0.15) is 0 Å². The third kappa shape index (κ3) is 3.07. The normalized spacial score (nSPS) is 26.4. The van der Waals surface area contributed by atoms with E-state index in [1.54, 1.807) is 12.1 Å². The van der Waals surface area contributed by atoms with Crippen LogP contribution >= 0.6 is 0 Å². The summed E-state index contributed by atoms with van der Waals surface area (Å²) in [6, 6.07) is 5.83. The number of likely N-dealkylation sites (tertiary alicyclic amines) is 1. The van der Waals surface area contributed by atoms with E-state index in [0.717, 1.165) is 38.0 Å². The number of fused-ring (bicyclic) bond motifs is 1. The van der Waals surface area contributed by atoms with Crippen LogP contribution in [0.25, 0.3) is 0 Å². The third-order valence-corrected chi connectivity index (χ3v) is 6.15. The smallest absolute Gasteiger partial charge is 0.240 e. The second-order valence-corrected chi connectivity index (χ2v) is 7.88. The number of piperidine rings is 1. The summed E-state index contributed by atoms with van der Waals surface area (Å²) in [4.78, 5) is 2.63. The van der Waals surface area contributed by atoms with Gasteiger partial charge in [-0.25, -0.2) is 13.1 Å². The molecule has 5 nitrogen and oxygen atoms in total. The summed E-state index contributed by atoms with van der Waals surface area (Å²) in [7, 11) is -1.35. The van der Waals surface area contributed by atoms with Gasteiger partial charge in [-0.2, -0.15) is 0 Å². The van der Waals surface area contributed by atoms with Gasteiger partial charge in [-0.1, -0.05) is 6.07 Å². The van der Waals surface area contributed by atoms with E-state index in [9.17, 15) is 8.42 Å². The maximum absolute atomic E-state index is 12.5. The van der Waals surface area contributed by atoms with Crippen molar-refractivity contribution in [3.05, 3.63) is 23.8 Å². The standard InChI is InChI=1S/C15H23N3O2S/c1-11-9-13(6-8-18(11)2)17-21(19,20)14-4-3-12-5-7-16-15(12)10-14/h3-4,10-11,13,16-17H,5-9H2,1-2H3. The summed E-state index contributed by atoms with van der Waals surface area (Å²) in [6.45, 7) is 3.96. The Hall–Kier alpha value is -1.11. The zero-order chi connectivity index (χ0) is 15.0. The van der Waals surface area contributed by atoms with Gasteiger partial charge in [0.2, 0.25) is 10.0 Å². The van der Waals surface area contributed by atoms with Crippen LogP contribution in [0.2, 0.25) is 0 Å². The lowest BCUT2D eigenvalue weighted by atomic mass is 10.0. The molecule has 1 aromatic carbocycles. The molecule has 0 amide bonds. The molecule has 2 atom stereocenters. The molecule has 0 saturated carbocycles. The maximum atomic E-state index is 12.5. The quantitative estimate of drug-likeness (QED) is 0.886. The van der Waals surface area contributed by atoms with Crippen molar-refractivity contribution >= 4 is 15.7 Å². The zero-order valence-electron chi connectivity index (χ0n) is 12.6. The Balaban J connectivity index is 1.75. The lowest BCUT2D eigenvalue weighted by Gasteiger charge is -2.35. The van der Waals surface area contributed by atoms with Gasteiger partial charge in [0.15, 0.2) is 0 Å². The third-order valence-electron chi connectivity index (χ3n) is 4.63. The predicted molar refractivity (Wildman–Crippen MR) is 84.1 cm³/mol. The van der Waals surface area contributed by atoms with E-state index in [1.165, 1.54) is 5.56 Å². The van der Waals surface area contributed by atoms with E-state index < -0.39 is 10.0 Å². The van der Waals surface area contributed by atoms with Crippen LogP contribution in [0, 0.1) is 0 Å². The lowest BCUT2D eigenvalue weighted by Crippen LogP contribution is -2.47. The van der Waals surface area contributed by atoms with Crippen molar-refractivity contribution in [3.8, 4) is 0 Å². The van der Waals surface area contributed by atoms with Gasteiger partial charge >= 0.3 is 0 Å². The molecule has 0 radical (unpaired) electrons. The Labute approximate surface area is 126 Å². The summed E-state index contributed by atoms with van der Waals surface area (Å²) in [5.74, 6) is 0. The van der Waals surface area contributed by atoms with Gasteiger partial charge in [0.05, 0.1) is 4.90 Å². The highest BCUT2D eigenvalue weighted by Crippen LogP contribution is 2.26. The molecular weight excluding hydrogens is 286 g/mol. The van der Waals surface area contributed by atoms with Crippen molar-refractivity contribution in [1.29, 1.82) is 0 Å². The van der Waals surface area contributed by atoms with Gasteiger partial charge < -0.3 is 10.2 Å². The van der Waals surface area contributed by atoms with Crippen molar-refractivity contribution in [2.24, 2.45) is 0 Å². The molecule has 0 aromatic heterocycles. The molecular formula is C15H23N3O2S. The van der Waals surface area contributed by atoms with Crippen molar-refractivity contribution in [1.82, 2.24) is 9.62 Å². The predicted octanol–water partition coefficient (Wildman–Crippen LogP) is 1.42. The van der Waals surface area contributed by atoms with E-state index in [0.29, 0.717) is 10.9 Å². The van der Waals surface area contributed by atoms with Gasteiger partial charge in [0.25, 0.3) is 0 Å². The first-order valence-electron chi connectivity index (χ1n) is 7.55. The summed E-state index contributed by atoms with van der Waals surface area (Å²) in [5, 5.41) is 3.23. The lowest BCUT2D eigenvalue weighted by molar-refractivity contribution is 0.178. The molecule has 2 N–H and O–H groups in total. The first kappa shape index (κ1) is 14.8. The fraction of sp³-hybridized carbons (Fsp3) is 0.600. The average Bonchev–Trinajstić information content (AvgIpc) is 2.90. The van der Waals surface area contributed by atoms with E-state index in [4.69, 9.17) is 0 Å². The maximum Gasteiger partial charge on any atom is 0.240 e. The van der Waals surface area contributed by atoms with E-state index in [-0.39, 0.29) is 6.04 Å². The van der Waals surface area contributed by atoms with E-state index >= 15 is 0 Å². The molecule has 1 fully saturated rings. The molecule has 2 unspecified atom stereocenters. The average molecular weight is 309 g/mol. The molecule has 1 aromatic rings. The van der Waals surface area contributed by atoms with Crippen molar-refractivity contribution in [2.45, 2.75) is 43.2 Å². The highest BCUT2D eigenvalue weighted by atomic mass is 32.2. The molecule has 2 aliphatic heterocycles. The number of hydrogen-bond acceptors (Lipinski definition) is 4. The van der Waals surface area contributed by atoms with Crippen LogP contribution in [-0.4, -0.2) is 45.5 Å². The molecule has 2 heterocycles. The largest absolute Gasteiger partial charge is 0.384 e. The molecule has 2 aliphatic rings. The minimum atomic E-state index is -3.43. The Morgan fingerprint density at radius 2 is 2.19 bits per heavy atom. The van der Waals surface area contributed by atoms with Gasteiger partial charge in [-0.15, -0.1) is 0 Å². The molecule has 116 valence electrons. The zero-order valence-corrected chi connectivity index (χ0v) is 13.4. The van der Waals surface area contributed by atoms with Gasteiger partial charge in [0, 0.05) is 24.3 Å². The molecule has 3 rings (SSSR count). The van der Waals surface area contributed by atoms with Crippen LogP contribution in [-0.2, 0) is 16.4 Å². The number of benzene rings is 1. The highest BCUT2D eigenvalue weighted by Gasteiger charge is 2.27. The summed E-state index contributed by atoms with van der Waals surface area (Å²) in [6.07, 6.45) is 2.69. The van der Waals surface area contributed by atoms with Gasteiger partial charge in [-0.05, 0) is 57.5 Å². The fourth-order valence-corrected chi connectivity index (χ4v) is 4.43. The topological polar surface area (TPSA) is 61.4 Å². The van der Waals surface area contributed by atoms with Crippen LogP contribution < -0.4 is 10.0 Å². The van der Waals surface area contributed by atoms with Crippen molar-refractivity contribution in [3.63, 3.8) is 0 Å². The molecule has 21 heavy (non-hydrogen) atoms. The number of sulfonamides is 1. The summed E-state index contributed by atoms with van der Waals surface area (Å²) in [5.41, 5.74) is 2.15. The van der Waals surface area contributed by atoms with E-state index in [1.807, 2.05) is 6.07 Å². The summed E-state index contributed by atoms with van der Waals surface area (Å²) < 4.78 is 27.9. The Morgan fingerprint density at radius 3 is 2.95 bits per heavy atom. The molecule has 6 heteroatoms. The number of hydrogen-bond donors (Lipinski definition) is 2. The summed E-state index contributed by atoms with van der Waals surface area (Å²) >= 11 is 0. The Kier molecular flexibility index (Phi) is 3.94. The SMILES string of the molecule is CC1CC(NS(=O)(=O)c2ccc3c(c2)NCC3)CCN1C. The molecule has 0 bridgehead atoms. The van der Waals surface area contributed by atoms with Crippen LogP contribution in [0.1, 0.15) is 25.3 Å². The van der Waals surface area contributed by atoms with Crippen LogP contribution in [0.3, 0.4) is 0 Å². The van der Waals surface area contributed by atoms with Crippen LogP contribution in [0.5, 0.6) is 0 Å². The molecule has 0 aliphatic carbocycles. The molecule has 1 saturated heterocycles. The van der Waals surface area contributed by atoms with Crippen molar-refractivity contribution < 1.29 is 8.42 Å². The Morgan fingerprint density at radius 1 is 1.38 bits per heavy atom. The highest BCUT2D eigenvalue weighted by molar-refractivity contribution is 7.89. The van der Waals surface area contributed by atoms with Crippen LogP contribution in [0.15, 0.2) is 23.1 Å². The van der Waals surface area contributed by atoms with Gasteiger partial charge in [-0.3, -0.25) is 0 Å². The van der Waals surface area contributed by atoms with Crippen LogP contribution in [0.4, 0.5) is 5.69 Å². The van der Waals surface area contributed by atoms with Crippen molar-refractivity contribution in [2.75, 3.05) is 25.5 Å². The first-order valence-corrected chi connectivity index (χ1v) is 9.03. The first-order chi connectivity index (χ1) is 9.95. The second kappa shape index (κ2) is 5.59. The Bertz CT molecular complexity index is 630. The number of rotatable bonds is 3.